The van der Waals surface area contributed by atoms with Crippen LogP contribution >= 0.6 is 0 Å². The number of halogens is 1. The summed E-state index contributed by atoms with van der Waals surface area (Å²) in [7, 11) is 1.87. The van der Waals surface area contributed by atoms with E-state index in [2.05, 4.69) is 36.1 Å². The normalized spacial score (nSPS) is 21.9. The van der Waals surface area contributed by atoms with Gasteiger partial charge in [-0.3, -0.25) is 9.59 Å². The number of aryl methyl sites for hydroxylation is 1. The molecule has 1 aliphatic heterocycles. The highest BCUT2D eigenvalue weighted by atomic mass is 19.1. The summed E-state index contributed by atoms with van der Waals surface area (Å²) in [5.74, 6) is -2.08. The molecule has 2 aliphatic rings. The number of rotatable bonds is 5. The third-order valence-electron chi connectivity index (χ3n) is 6.02. The van der Waals surface area contributed by atoms with Crippen molar-refractivity contribution in [3.8, 4) is 5.69 Å². The maximum Gasteiger partial charge on any atom is 0.273 e. The number of fused-ring (bicyclic) bond motifs is 3. The van der Waals surface area contributed by atoms with E-state index in [9.17, 15) is 14.0 Å². The topological polar surface area (TPSA) is 143 Å². The molecule has 3 aromatic rings. The van der Waals surface area contributed by atoms with Gasteiger partial charge in [0.05, 0.1) is 34.7 Å². The number of carbonyl (C=O) groups excluding carboxylic acids is 2. The first-order valence-electron chi connectivity index (χ1n) is 12.0. The predicted octanol–water partition coefficient (Wildman–Crippen LogP) is 1.67. The molecule has 0 aromatic carbocycles. The molecule has 1 aliphatic carbocycles. The lowest BCUT2D eigenvalue weighted by Crippen LogP contribution is -2.31. The number of nitrogens with zero attached hydrogens (tertiary/aromatic N) is 7. The second-order valence-corrected chi connectivity index (χ2v) is 8.20. The number of nitrogens with one attached hydrogen (secondary N) is 3. The van der Waals surface area contributed by atoms with E-state index in [1.165, 1.54) is 6.07 Å². The smallest absolute Gasteiger partial charge is 0.273 e. The van der Waals surface area contributed by atoms with Crippen LogP contribution in [-0.2, 0) is 4.79 Å². The Hall–Kier alpha value is -4.16. The van der Waals surface area contributed by atoms with Gasteiger partial charge in [-0.25, -0.2) is 14.1 Å². The Morgan fingerprint density at radius 1 is 1.29 bits per heavy atom. The summed E-state index contributed by atoms with van der Waals surface area (Å²) in [6.07, 6.45) is 0.454. The van der Waals surface area contributed by atoms with Gasteiger partial charge in [0.15, 0.2) is 17.3 Å². The van der Waals surface area contributed by atoms with E-state index in [-0.39, 0.29) is 29.7 Å². The van der Waals surface area contributed by atoms with E-state index in [1.54, 1.807) is 16.9 Å². The lowest BCUT2D eigenvalue weighted by atomic mass is 10.1. The summed E-state index contributed by atoms with van der Waals surface area (Å²) in [5.41, 5.74) is 2.70. The van der Waals surface area contributed by atoms with E-state index >= 15 is 0 Å². The van der Waals surface area contributed by atoms with Crippen LogP contribution in [0.5, 0.6) is 0 Å². The van der Waals surface area contributed by atoms with Crippen molar-refractivity contribution in [3.63, 3.8) is 0 Å². The van der Waals surface area contributed by atoms with Crippen molar-refractivity contribution < 1.29 is 18.1 Å². The second-order valence-electron chi connectivity index (χ2n) is 8.20. The fraction of sp³-hybridized carbons (Fsp3) is 0.381. The third kappa shape index (κ3) is 3.49. The summed E-state index contributed by atoms with van der Waals surface area (Å²) in [6, 6.07) is 2.96. The number of aromatic nitrogens is 6. The lowest BCUT2D eigenvalue weighted by Gasteiger charge is -2.35. The van der Waals surface area contributed by atoms with Crippen LogP contribution in [0.25, 0.3) is 5.69 Å². The number of pyridine rings is 1. The molecular formula is C21H23FN10O2. The minimum Gasteiger partial charge on any atom is -0.361 e. The van der Waals surface area contributed by atoms with Gasteiger partial charge in [0.25, 0.3) is 5.91 Å². The van der Waals surface area contributed by atoms with Gasteiger partial charge in [0.2, 0.25) is 5.91 Å². The molecule has 0 saturated heterocycles. The van der Waals surface area contributed by atoms with Crippen LogP contribution < -0.4 is 20.9 Å². The van der Waals surface area contributed by atoms with Gasteiger partial charge < -0.3 is 20.9 Å². The second kappa shape index (κ2) is 8.01. The first-order valence-corrected chi connectivity index (χ1v) is 10.5. The highest BCUT2D eigenvalue weighted by Gasteiger charge is 2.44. The Morgan fingerprint density at radius 2 is 2.09 bits per heavy atom. The Morgan fingerprint density at radius 3 is 2.82 bits per heavy atom. The van der Waals surface area contributed by atoms with E-state index in [0.717, 1.165) is 11.4 Å². The number of hydrogen-bond donors (Lipinski definition) is 3. The van der Waals surface area contributed by atoms with Gasteiger partial charge >= 0.3 is 0 Å². The van der Waals surface area contributed by atoms with Crippen molar-refractivity contribution in [1.82, 2.24) is 35.5 Å². The molecular weight excluding hydrogens is 443 g/mol. The van der Waals surface area contributed by atoms with Crippen molar-refractivity contribution in [1.29, 1.82) is 0 Å². The van der Waals surface area contributed by atoms with Gasteiger partial charge in [-0.05, 0) is 26.3 Å². The van der Waals surface area contributed by atoms with Crippen LogP contribution in [-0.4, -0.2) is 62.2 Å². The molecule has 3 N–H and O–H groups in total. The van der Waals surface area contributed by atoms with Crippen LogP contribution in [0, 0.1) is 12.8 Å². The molecule has 0 unspecified atom stereocenters. The number of alkyl halides is 1. The number of amides is 2. The largest absolute Gasteiger partial charge is 0.361 e. The Labute approximate surface area is 198 Å². The number of anilines is 4. The average molecular weight is 469 g/mol. The van der Waals surface area contributed by atoms with E-state index in [4.69, 9.17) is 4.11 Å². The molecule has 12 nitrogen and oxygen atoms in total. The molecule has 176 valence electrons. The van der Waals surface area contributed by atoms with Crippen molar-refractivity contribution in [2.75, 3.05) is 29.6 Å². The van der Waals surface area contributed by atoms with Crippen molar-refractivity contribution in [2.45, 2.75) is 32.5 Å². The Kier molecular flexibility index (Phi) is 4.31. The average Bonchev–Trinajstić information content (AvgIpc) is 3.43. The van der Waals surface area contributed by atoms with Crippen LogP contribution in [0.15, 0.2) is 18.3 Å². The molecule has 0 bridgehead atoms. The molecule has 3 atom stereocenters. The zero-order chi connectivity index (χ0) is 26.6. The van der Waals surface area contributed by atoms with Crippen LogP contribution in [0.3, 0.4) is 0 Å². The standard InChI is InChI=1S/C21H23FN10O2/c1-9-17-10(2)31(4)18-14(32(17)30-27-9)5-6-24-19(18)25-13-8-15(26-20(33)11-7-12(11)22)28-29-16(13)21(34)23-3/h5-6,8,10-12H,7H2,1-4H3,(H,23,34)(H2,24,25,26,28,33)/t10-,11-,12+/m0/s1/i3D3. The van der Waals surface area contributed by atoms with Gasteiger partial charge in [-0.2, -0.15) is 0 Å². The van der Waals surface area contributed by atoms with Gasteiger partial charge in [-0.15, -0.1) is 15.3 Å². The van der Waals surface area contributed by atoms with E-state index in [1.807, 2.05) is 31.1 Å². The van der Waals surface area contributed by atoms with Gasteiger partial charge in [0, 0.05) is 30.4 Å². The fourth-order valence-electron chi connectivity index (χ4n) is 4.01. The Bertz CT molecular complexity index is 1410. The van der Waals surface area contributed by atoms with Gasteiger partial charge in [-0.1, -0.05) is 5.21 Å². The minimum atomic E-state index is -2.77. The highest BCUT2D eigenvalue weighted by molar-refractivity contribution is 6.00. The summed E-state index contributed by atoms with van der Waals surface area (Å²) in [6.45, 7) is 1.08. The zero-order valence-corrected chi connectivity index (χ0v) is 18.5. The molecule has 13 heteroatoms. The molecule has 1 saturated carbocycles. The van der Waals surface area contributed by atoms with Crippen LogP contribution in [0.1, 0.15) is 45.4 Å². The van der Waals surface area contributed by atoms with Crippen molar-refractivity contribution in [2.24, 2.45) is 5.92 Å². The van der Waals surface area contributed by atoms with Gasteiger partial charge in [0.1, 0.15) is 11.9 Å². The first-order chi connectivity index (χ1) is 17.4. The lowest BCUT2D eigenvalue weighted by molar-refractivity contribution is -0.117. The zero-order valence-electron chi connectivity index (χ0n) is 21.5. The summed E-state index contributed by atoms with van der Waals surface area (Å²) in [5, 5.41) is 23.5. The molecule has 1 fully saturated rings. The quantitative estimate of drug-likeness (QED) is 0.508. The van der Waals surface area contributed by atoms with Crippen molar-refractivity contribution >= 4 is 34.8 Å². The molecule has 3 aromatic heterocycles. The molecule has 0 radical (unpaired) electrons. The fourth-order valence-corrected chi connectivity index (χ4v) is 4.01. The van der Waals surface area contributed by atoms with Crippen LogP contribution in [0.2, 0.25) is 0 Å². The monoisotopic (exact) mass is 469 g/mol. The van der Waals surface area contributed by atoms with E-state index < -0.39 is 30.9 Å². The summed E-state index contributed by atoms with van der Waals surface area (Å²) < 4.78 is 37.1. The number of hydrogen-bond acceptors (Lipinski definition) is 9. The van der Waals surface area contributed by atoms with E-state index in [0.29, 0.717) is 17.2 Å². The number of carbonyl (C=O) groups is 2. The maximum absolute atomic E-state index is 13.3. The molecule has 5 rings (SSSR count). The predicted molar refractivity (Wildman–Crippen MR) is 121 cm³/mol. The Balaban J connectivity index is 1.55. The molecule has 4 heterocycles. The highest BCUT2D eigenvalue weighted by Crippen LogP contribution is 2.42. The minimum absolute atomic E-state index is 0.0298. The molecule has 34 heavy (non-hydrogen) atoms. The van der Waals surface area contributed by atoms with Crippen molar-refractivity contribution in [3.05, 3.63) is 35.4 Å². The SMILES string of the molecule is [2H]C([2H])([2H])NC(=O)c1nnc(NC(=O)[C@H]2C[C@H]2F)cc1Nc1nccc2c1N(C)[C@@H](C)c1c(C)nnn1-2. The summed E-state index contributed by atoms with van der Waals surface area (Å²) in [4.78, 5) is 31.3. The van der Waals surface area contributed by atoms with Crippen LogP contribution in [0.4, 0.5) is 27.4 Å². The first kappa shape index (κ1) is 18.3. The maximum atomic E-state index is 13.3. The summed E-state index contributed by atoms with van der Waals surface area (Å²) >= 11 is 0. The molecule has 2 amide bonds. The third-order valence-corrected chi connectivity index (χ3v) is 6.02. The molecule has 0 spiro atoms.